The van der Waals surface area contributed by atoms with Crippen LogP contribution in [-0.2, 0) is 5.41 Å². The summed E-state index contributed by atoms with van der Waals surface area (Å²) in [5, 5.41) is 10.7. The van der Waals surface area contributed by atoms with Gasteiger partial charge in [0, 0.05) is 17.5 Å². The van der Waals surface area contributed by atoms with Gasteiger partial charge >= 0.3 is 0 Å². The van der Waals surface area contributed by atoms with Crippen LogP contribution < -0.4 is 0 Å². The Morgan fingerprint density at radius 3 is 2.87 bits per heavy atom. The Morgan fingerprint density at radius 1 is 1.47 bits per heavy atom. The minimum atomic E-state index is -0.342. The van der Waals surface area contributed by atoms with Gasteiger partial charge in [0.25, 0.3) is 5.69 Å². The lowest BCUT2D eigenvalue weighted by Crippen LogP contribution is -2.15. The lowest BCUT2D eigenvalue weighted by molar-refractivity contribution is -0.384. The van der Waals surface area contributed by atoms with Gasteiger partial charge in [0.05, 0.1) is 4.92 Å². The summed E-state index contributed by atoms with van der Waals surface area (Å²) in [5.74, 6) is 0. The molecule has 2 rings (SSSR count). The summed E-state index contributed by atoms with van der Waals surface area (Å²) in [7, 11) is 0. The molecule has 0 heterocycles. The number of non-ortho nitro benzene ring substituents is 1. The molecule has 0 bridgehead atoms. The molecule has 0 amide bonds. The van der Waals surface area contributed by atoms with Crippen molar-refractivity contribution in [1.29, 1.82) is 0 Å². The Hall–Kier alpha value is -1.64. The molecule has 1 aromatic rings. The molecule has 15 heavy (non-hydrogen) atoms. The molecule has 0 aliphatic heterocycles. The predicted molar refractivity (Wildman–Crippen MR) is 58.8 cm³/mol. The zero-order chi connectivity index (χ0) is 10.9. The molecule has 1 aromatic carbocycles. The zero-order valence-electron chi connectivity index (χ0n) is 8.64. The van der Waals surface area contributed by atoms with Crippen molar-refractivity contribution in [2.24, 2.45) is 0 Å². The molecule has 0 unspecified atom stereocenters. The van der Waals surface area contributed by atoms with Crippen molar-refractivity contribution in [1.82, 2.24) is 0 Å². The molecular formula is C12H13NO2. The SMILES string of the molecule is C[C@]1(c2cccc([N+](=O)[O-])c2)C=CCC1. The first kappa shape index (κ1) is 9.90. The van der Waals surface area contributed by atoms with E-state index in [9.17, 15) is 10.1 Å². The summed E-state index contributed by atoms with van der Waals surface area (Å²) in [4.78, 5) is 10.3. The second-order valence-corrected chi connectivity index (χ2v) is 4.17. The molecule has 0 saturated carbocycles. The quantitative estimate of drug-likeness (QED) is 0.421. The third-order valence-corrected chi connectivity index (χ3v) is 3.03. The van der Waals surface area contributed by atoms with E-state index < -0.39 is 0 Å². The van der Waals surface area contributed by atoms with E-state index in [-0.39, 0.29) is 16.0 Å². The number of allylic oxidation sites excluding steroid dienone is 2. The van der Waals surface area contributed by atoms with Crippen LogP contribution >= 0.6 is 0 Å². The molecule has 1 aliphatic rings. The Morgan fingerprint density at radius 2 is 2.27 bits per heavy atom. The second-order valence-electron chi connectivity index (χ2n) is 4.17. The van der Waals surface area contributed by atoms with Gasteiger partial charge in [-0.3, -0.25) is 10.1 Å². The standard InChI is InChI=1S/C12H13NO2/c1-12(7-2-3-8-12)10-5-4-6-11(9-10)13(14)15/h2,4-7,9H,3,8H2,1H3/t12-/m0/s1. The van der Waals surface area contributed by atoms with E-state index in [2.05, 4.69) is 19.1 Å². The van der Waals surface area contributed by atoms with E-state index in [4.69, 9.17) is 0 Å². The van der Waals surface area contributed by atoms with Crippen LogP contribution in [0.1, 0.15) is 25.3 Å². The highest BCUT2D eigenvalue weighted by atomic mass is 16.6. The monoisotopic (exact) mass is 203 g/mol. The molecule has 0 spiro atoms. The van der Waals surface area contributed by atoms with Crippen LogP contribution in [0.3, 0.4) is 0 Å². The number of nitrogens with zero attached hydrogens (tertiary/aromatic N) is 1. The van der Waals surface area contributed by atoms with Gasteiger partial charge < -0.3 is 0 Å². The average Bonchev–Trinajstić information content (AvgIpc) is 2.67. The van der Waals surface area contributed by atoms with E-state index in [1.807, 2.05) is 6.07 Å². The average molecular weight is 203 g/mol. The van der Waals surface area contributed by atoms with Gasteiger partial charge in [-0.1, -0.05) is 31.2 Å². The summed E-state index contributed by atoms with van der Waals surface area (Å²) in [6, 6.07) is 6.93. The largest absolute Gasteiger partial charge is 0.269 e. The summed E-state index contributed by atoms with van der Waals surface area (Å²) in [6.07, 6.45) is 6.37. The van der Waals surface area contributed by atoms with Crippen LogP contribution in [0.2, 0.25) is 0 Å². The first-order chi connectivity index (χ1) is 7.12. The molecule has 0 fully saturated rings. The fourth-order valence-electron chi connectivity index (χ4n) is 2.03. The molecule has 0 saturated heterocycles. The van der Waals surface area contributed by atoms with E-state index in [0.29, 0.717) is 0 Å². The number of nitro benzene ring substituents is 1. The highest BCUT2D eigenvalue weighted by Crippen LogP contribution is 2.36. The van der Waals surface area contributed by atoms with Gasteiger partial charge in [-0.05, 0) is 18.4 Å². The van der Waals surface area contributed by atoms with Gasteiger partial charge in [-0.15, -0.1) is 0 Å². The highest BCUT2D eigenvalue weighted by Gasteiger charge is 2.27. The summed E-state index contributed by atoms with van der Waals surface area (Å²) >= 11 is 0. The Balaban J connectivity index is 2.40. The van der Waals surface area contributed by atoms with Crippen LogP contribution in [0.4, 0.5) is 5.69 Å². The topological polar surface area (TPSA) is 43.1 Å². The summed E-state index contributed by atoms with van der Waals surface area (Å²) in [6.45, 7) is 2.12. The molecular weight excluding hydrogens is 190 g/mol. The zero-order valence-corrected chi connectivity index (χ0v) is 8.64. The van der Waals surface area contributed by atoms with Crippen molar-refractivity contribution in [3.63, 3.8) is 0 Å². The van der Waals surface area contributed by atoms with E-state index in [1.165, 1.54) is 6.07 Å². The van der Waals surface area contributed by atoms with Crippen molar-refractivity contribution in [2.75, 3.05) is 0 Å². The first-order valence-electron chi connectivity index (χ1n) is 5.04. The fourth-order valence-corrected chi connectivity index (χ4v) is 2.03. The second kappa shape index (κ2) is 3.50. The van der Waals surface area contributed by atoms with Gasteiger partial charge in [-0.25, -0.2) is 0 Å². The van der Waals surface area contributed by atoms with Crippen LogP contribution in [0, 0.1) is 10.1 Å². The van der Waals surface area contributed by atoms with Gasteiger partial charge in [0.2, 0.25) is 0 Å². The first-order valence-corrected chi connectivity index (χ1v) is 5.04. The van der Waals surface area contributed by atoms with E-state index in [0.717, 1.165) is 18.4 Å². The van der Waals surface area contributed by atoms with Gasteiger partial charge in [0.1, 0.15) is 0 Å². The van der Waals surface area contributed by atoms with Gasteiger partial charge in [0.15, 0.2) is 0 Å². The molecule has 3 nitrogen and oxygen atoms in total. The number of nitro groups is 1. The molecule has 3 heteroatoms. The summed E-state index contributed by atoms with van der Waals surface area (Å²) in [5.41, 5.74) is 1.19. The number of rotatable bonds is 2. The van der Waals surface area contributed by atoms with Crippen molar-refractivity contribution >= 4 is 5.69 Å². The minimum absolute atomic E-state index is 0.0218. The molecule has 1 atom stereocenters. The molecule has 0 aromatic heterocycles. The normalized spacial score (nSPS) is 24.3. The van der Waals surface area contributed by atoms with Crippen LogP contribution in [-0.4, -0.2) is 4.92 Å². The third kappa shape index (κ3) is 1.77. The Bertz CT molecular complexity index is 425. The van der Waals surface area contributed by atoms with Crippen LogP contribution in [0.5, 0.6) is 0 Å². The lowest BCUT2D eigenvalue weighted by atomic mass is 9.82. The minimum Gasteiger partial charge on any atom is -0.258 e. The Kier molecular flexibility index (Phi) is 2.31. The molecule has 78 valence electrons. The highest BCUT2D eigenvalue weighted by molar-refractivity contribution is 5.41. The third-order valence-electron chi connectivity index (χ3n) is 3.03. The molecule has 0 radical (unpaired) electrons. The van der Waals surface area contributed by atoms with Crippen molar-refractivity contribution < 1.29 is 4.92 Å². The predicted octanol–water partition coefficient (Wildman–Crippen LogP) is 3.20. The van der Waals surface area contributed by atoms with Crippen molar-refractivity contribution in [3.8, 4) is 0 Å². The molecule has 0 N–H and O–H groups in total. The van der Waals surface area contributed by atoms with Crippen molar-refractivity contribution in [3.05, 3.63) is 52.1 Å². The number of benzene rings is 1. The lowest BCUT2D eigenvalue weighted by Gasteiger charge is -2.21. The van der Waals surface area contributed by atoms with Crippen LogP contribution in [0.15, 0.2) is 36.4 Å². The maximum Gasteiger partial charge on any atom is 0.269 e. The maximum atomic E-state index is 10.7. The fraction of sp³-hybridized carbons (Fsp3) is 0.333. The van der Waals surface area contributed by atoms with E-state index >= 15 is 0 Å². The van der Waals surface area contributed by atoms with E-state index in [1.54, 1.807) is 12.1 Å². The smallest absolute Gasteiger partial charge is 0.258 e. The van der Waals surface area contributed by atoms with Gasteiger partial charge in [-0.2, -0.15) is 0 Å². The number of hydrogen-bond acceptors (Lipinski definition) is 2. The van der Waals surface area contributed by atoms with Crippen LogP contribution in [0.25, 0.3) is 0 Å². The number of hydrogen-bond donors (Lipinski definition) is 0. The maximum absolute atomic E-state index is 10.7. The summed E-state index contributed by atoms with van der Waals surface area (Å²) < 4.78 is 0. The Labute approximate surface area is 88.6 Å². The molecule has 1 aliphatic carbocycles. The van der Waals surface area contributed by atoms with Crippen molar-refractivity contribution in [2.45, 2.75) is 25.2 Å².